The Labute approximate surface area is 212 Å². The lowest BCUT2D eigenvalue weighted by atomic mass is 10.1. The Kier molecular flexibility index (Phi) is 8.14. The minimum atomic E-state index is -0.502. The molecule has 186 valence electrons. The predicted octanol–water partition coefficient (Wildman–Crippen LogP) is 5.16. The monoisotopic (exact) mass is 510 g/mol. The molecule has 36 heavy (non-hydrogen) atoms. The van der Waals surface area contributed by atoms with Crippen LogP contribution in [0.25, 0.3) is 10.9 Å². The van der Waals surface area contributed by atoms with Crippen LogP contribution in [0.2, 0.25) is 5.02 Å². The summed E-state index contributed by atoms with van der Waals surface area (Å²) >= 11 is 5.90. The highest BCUT2D eigenvalue weighted by molar-refractivity contribution is 6.31. The quantitative estimate of drug-likeness (QED) is 0.210. The van der Waals surface area contributed by atoms with E-state index in [4.69, 9.17) is 31.5 Å². The third kappa shape index (κ3) is 5.99. The van der Waals surface area contributed by atoms with Crippen molar-refractivity contribution in [1.82, 2.24) is 9.97 Å². The van der Waals surface area contributed by atoms with Crippen molar-refractivity contribution in [3.05, 3.63) is 77.3 Å². The Morgan fingerprint density at radius 3 is 2.53 bits per heavy atom. The zero-order valence-corrected chi connectivity index (χ0v) is 20.2. The van der Waals surface area contributed by atoms with Crippen molar-refractivity contribution in [3.8, 4) is 17.2 Å². The van der Waals surface area contributed by atoms with Crippen molar-refractivity contribution in [2.24, 2.45) is 5.73 Å². The van der Waals surface area contributed by atoms with Gasteiger partial charge in [-0.2, -0.15) is 0 Å². The summed E-state index contributed by atoms with van der Waals surface area (Å²) in [7, 11) is 1.55. The van der Waals surface area contributed by atoms with Gasteiger partial charge in [-0.1, -0.05) is 11.6 Å². The number of rotatable bonds is 11. The number of fused-ring (bicyclic) bond motifs is 1. The molecule has 0 saturated heterocycles. The third-order valence-corrected chi connectivity index (χ3v) is 5.57. The summed E-state index contributed by atoms with van der Waals surface area (Å²) in [6.45, 7) is 0.761. The first-order valence-corrected chi connectivity index (χ1v) is 11.5. The smallest absolute Gasteiger partial charge is 0.176 e. The molecule has 3 N–H and O–H groups in total. The second-order valence-electron chi connectivity index (χ2n) is 7.70. The van der Waals surface area contributed by atoms with Crippen molar-refractivity contribution in [3.63, 3.8) is 0 Å². The topological polar surface area (TPSA) is 109 Å². The van der Waals surface area contributed by atoms with E-state index in [1.807, 2.05) is 0 Å². The number of nitrogens with zero attached hydrogens (tertiary/aromatic N) is 2. The van der Waals surface area contributed by atoms with Crippen molar-refractivity contribution in [2.45, 2.75) is 6.42 Å². The molecule has 10 heteroatoms. The van der Waals surface area contributed by atoms with Crippen LogP contribution >= 0.6 is 11.6 Å². The van der Waals surface area contributed by atoms with Crippen LogP contribution in [0.3, 0.4) is 0 Å². The number of aromatic nitrogens is 2. The number of benzene rings is 3. The summed E-state index contributed by atoms with van der Waals surface area (Å²) in [5.41, 5.74) is 7.15. The average molecular weight is 511 g/mol. The Hall–Kier alpha value is -3.95. The number of carbonyl (C=O) groups is 1. The Morgan fingerprint density at radius 1 is 1.03 bits per heavy atom. The molecule has 0 radical (unpaired) electrons. The number of Topliss-reactive ketones (excluding diaryl/α,β-unsaturated/α-hetero) is 1. The van der Waals surface area contributed by atoms with Gasteiger partial charge in [-0.3, -0.25) is 4.79 Å². The molecular formula is C26H24ClFN4O4. The molecule has 0 aliphatic heterocycles. The van der Waals surface area contributed by atoms with Crippen LogP contribution in [0.15, 0.2) is 60.9 Å². The molecular weight excluding hydrogens is 487 g/mol. The molecule has 0 spiro atoms. The summed E-state index contributed by atoms with van der Waals surface area (Å²) in [6.07, 6.45) is 2.03. The summed E-state index contributed by atoms with van der Waals surface area (Å²) in [5, 5.41) is 3.84. The minimum absolute atomic E-state index is 0.00580. The van der Waals surface area contributed by atoms with Crippen LogP contribution in [0.1, 0.15) is 16.8 Å². The number of ketones is 1. The predicted molar refractivity (Wildman–Crippen MR) is 136 cm³/mol. The molecule has 0 amide bonds. The Bertz CT molecular complexity index is 1370. The largest absolute Gasteiger partial charge is 0.493 e. The number of hydrogen-bond acceptors (Lipinski definition) is 8. The molecule has 0 fully saturated rings. The maximum atomic E-state index is 13.5. The van der Waals surface area contributed by atoms with Crippen molar-refractivity contribution in [1.29, 1.82) is 0 Å². The van der Waals surface area contributed by atoms with E-state index in [-0.39, 0.29) is 17.4 Å². The van der Waals surface area contributed by atoms with Gasteiger partial charge in [-0.05, 0) is 48.5 Å². The highest BCUT2D eigenvalue weighted by atomic mass is 35.5. The summed E-state index contributed by atoms with van der Waals surface area (Å²) in [5.74, 6) is 1.58. The number of methoxy groups -OCH3 is 1. The van der Waals surface area contributed by atoms with Gasteiger partial charge < -0.3 is 25.3 Å². The number of halogens is 2. The second kappa shape index (κ2) is 11.7. The van der Waals surface area contributed by atoms with E-state index in [1.54, 1.807) is 49.6 Å². The first kappa shape index (κ1) is 25.2. The number of nitrogens with one attached hydrogen (secondary N) is 1. The molecule has 0 unspecified atom stereocenters. The van der Waals surface area contributed by atoms with Crippen LogP contribution in [-0.2, 0) is 0 Å². The number of carbonyl (C=O) groups excluding carboxylic acids is 1. The van der Waals surface area contributed by atoms with Crippen LogP contribution in [0.5, 0.6) is 17.2 Å². The van der Waals surface area contributed by atoms with E-state index in [9.17, 15) is 9.18 Å². The van der Waals surface area contributed by atoms with Gasteiger partial charge in [0.2, 0.25) is 0 Å². The number of anilines is 2. The Morgan fingerprint density at radius 2 is 1.81 bits per heavy atom. The third-order valence-electron chi connectivity index (χ3n) is 5.28. The first-order chi connectivity index (χ1) is 17.5. The molecule has 4 rings (SSSR count). The second-order valence-corrected chi connectivity index (χ2v) is 8.11. The van der Waals surface area contributed by atoms with E-state index >= 15 is 0 Å². The molecule has 3 aromatic carbocycles. The van der Waals surface area contributed by atoms with Gasteiger partial charge in [-0.15, -0.1) is 0 Å². The molecule has 1 heterocycles. The van der Waals surface area contributed by atoms with Gasteiger partial charge in [0.15, 0.2) is 17.3 Å². The normalized spacial score (nSPS) is 10.8. The zero-order valence-electron chi connectivity index (χ0n) is 19.5. The van der Waals surface area contributed by atoms with Gasteiger partial charge in [0.1, 0.15) is 23.7 Å². The van der Waals surface area contributed by atoms with E-state index < -0.39 is 5.82 Å². The molecule has 0 aliphatic rings. The molecule has 4 aromatic rings. The molecule has 0 aliphatic carbocycles. The molecule has 1 aromatic heterocycles. The lowest BCUT2D eigenvalue weighted by molar-refractivity contribution is 0.100. The summed E-state index contributed by atoms with van der Waals surface area (Å²) < 4.78 is 30.7. The van der Waals surface area contributed by atoms with E-state index in [2.05, 4.69) is 15.3 Å². The minimum Gasteiger partial charge on any atom is -0.493 e. The molecule has 0 atom stereocenters. The zero-order chi connectivity index (χ0) is 25.5. The standard InChI is InChI=1S/C26H24ClFN4O4/c1-34-24-13-22-19(26(31-15-30-22)32-17-5-8-21(28)20(27)11-17)12-25(24)36-10-2-9-35-18-6-3-16(4-7-18)23(33)14-29/h3-8,11-13,15H,2,9-10,14,29H2,1H3,(H,30,31,32). The summed E-state index contributed by atoms with van der Waals surface area (Å²) in [4.78, 5) is 20.2. The number of nitrogens with two attached hydrogens (primary N) is 1. The number of hydrogen-bond donors (Lipinski definition) is 2. The van der Waals surface area contributed by atoms with Gasteiger partial charge in [0, 0.05) is 29.1 Å². The van der Waals surface area contributed by atoms with Gasteiger partial charge in [0.25, 0.3) is 0 Å². The van der Waals surface area contributed by atoms with Crippen molar-refractivity contribution >= 4 is 39.8 Å². The fourth-order valence-electron chi connectivity index (χ4n) is 3.43. The highest BCUT2D eigenvalue weighted by Crippen LogP contribution is 2.35. The lowest BCUT2D eigenvalue weighted by Crippen LogP contribution is -2.13. The van der Waals surface area contributed by atoms with Crippen LogP contribution in [0, 0.1) is 5.82 Å². The first-order valence-electron chi connectivity index (χ1n) is 11.1. The van der Waals surface area contributed by atoms with Gasteiger partial charge >= 0.3 is 0 Å². The molecule has 0 bridgehead atoms. The van der Waals surface area contributed by atoms with E-state index in [1.165, 1.54) is 18.5 Å². The SMILES string of the molecule is COc1cc2ncnc(Nc3ccc(F)c(Cl)c3)c2cc1OCCCOc1ccc(C(=O)CN)cc1. The fraction of sp³-hybridized carbons (Fsp3) is 0.192. The molecule has 0 saturated carbocycles. The highest BCUT2D eigenvalue weighted by Gasteiger charge is 2.13. The fourth-order valence-corrected chi connectivity index (χ4v) is 3.61. The van der Waals surface area contributed by atoms with Gasteiger partial charge in [0.05, 0.1) is 37.4 Å². The van der Waals surface area contributed by atoms with E-state index in [0.717, 1.165) is 0 Å². The Balaban J connectivity index is 1.41. The van der Waals surface area contributed by atoms with Crippen LogP contribution in [-0.4, -0.2) is 42.6 Å². The van der Waals surface area contributed by atoms with E-state index in [0.29, 0.717) is 64.9 Å². The average Bonchev–Trinajstić information content (AvgIpc) is 2.90. The number of ether oxygens (including phenoxy) is 3. The lowest BCUT2D eigenvalue weighted by Gasteiger charge is -2.14. The summed E-state index contributed by atoms with van der Waals surface area (Å²) in [6, 6.07) is 14.7. The molecule has 8 nitrogen and oxygen atoms in total. The maximum absolute atomic E-state index is 13.5. The van der Waals surface area contributed by atoms with Crippen molar-refractivity contribution in [2.75, 3.05) is 32.2 Å². The van der Waals surface area contributed by atoms with Crippen LogP contribution < -0.4 is 25.3 Å². The van der Waals surface area contributed by atoms with Crippen molar-refractivity contribution < 1.29 is 23.4 Å². The van der Waals surface area contributed by atoms with Gasteiger partial charge in [-0.25, -0.2) is 14.4 Å². The maximum Gasteiger partial charge on any atom is 0.176 e. The van der Waals surface area contributed by atoms with Crippen LogP contribution in [0.4, 0.5) is 15.9 Å².